The number of hydrogen-bond acceptors (Lipinski definition) is 7. The van der Waals surface area contributed by atoms with Crippen molar-refractivity contribution in [2.75, 3.05) is 24.3 Å². The number of thioether (sulfide) groups is 1. The van der Waals surface area contributed by atoms with Crippen LogP contribution in [0.3, 0.4) is 0 Å². The molecule has 134 valence electrons. The minimum absolute atomic E-state index is 0.170. The zero-order chi connectivity index (χ0) is 18.5. The van der Waals surface area contributed by atoms with Gasteiger partial charge in [-0.3, -0.25) is 10.1 Å². The normalized spacial score (nSPS) is 12.4. The summed E-state index contributed by atoms with van der Waals surface area (Å²) in [4.78, 5) is 16.9. The Bertz CT molecular complexity index is 900. The molecule has 0 unspecified atom stereocenters. The number of nitrogens with one attached hydrogen (secondary N) is 1. The van der Waals surface area contributed by atoms with Gasteiger partial charge in [-0.25, -0.2) is 4.98 Å². The molecule has 0 saturated carbocycles. The number of nitrogens with zero attached hydrogens (tertiary/aromatic N) is 2. The fraction of sp³-hybridized carbons (Fsp3) is 0.278. The van der Waals surface area contributed by atoms with Gasteiger partial charge in [0, 0.05) is 5.56 Å². The third kappa shape index (κ3) is 4.00. The summed E-state index contributed by atoms with van der Waals surface area (Å²) >= 11 is 2.79. The third-order valence-electron chi connectivity index (χ3n) is 3.54. The Kier molecular flexibility index (Phi) is 5.81. The van der Waals surface area contributed by atoms with Crippen LogP contribution in [0.2, 0.25) is 0 Å². The highest BCUT2D eigenvalue weighted by atomic mass is 32.2. The van der Waals surface area contributed by atoms with E-state index in [2.05, 4.69) is 16.4 Å². The number of ether oxygens (including phenoxy) is 2. The van der Waals surface area contributed by atoms with Gasteiger partial charge >= 0.3 is 0 Å². The number of thiazole rings is 1. The van der Waals surface area contributed by atoms with Crippen LogP contribution in [0.15, 0.2) is 28.0 Å². The van der Waals surface area contributed by atoms with E-state index in [1.165, 1.54) is 23.1 Å². The van der Waals surface area contributed by atoms with E-state index in [9.17, 15) is 4.79 Å². The van der Waals surface area contributed by atoms with E-state index in [4.69, 9.17) is 14.7 Å². The molecule has 1 aromatic heterocycles. The molecule has 2 aromatic rings. The number of carbonyl (C=O) groups is 1. The molecule has 1 aliphatic rings. The van der Waals surface area contributed by atoms with Crippen molar-refractivity contribution in [1.29, 1.82) is 5.26 Å². The first-order valence-electron chi connectivity index (χ1n) is 8.00. The van der Waals surface area contributed by atoms with Crippen LogP contribution in [0.4, 0.5) is 5.13 Å². The number of amides is 1. The van der Waals surface area contributed by atoms with Crippen molar-refractivity contribution in [2.24, 2.45) is 0 Å². The molecule has 2 heterocycles. The fourth-order valence-corrected chi connectivity index (χ4v) is 4.22. The van der Waals surface area contributed by atoms with E-state index in [0.717, 1.165) is 15.5 Å². The average molecular weight is 387 g/mol. The van der Waals surface area contributed by atoms with Crippen molar-refractivity contribution >= 4 is 40.2 Å². The van der Waals surface area contributed by atoms with E-state index < -0.39 is 0 Å². The lowest BCUT2D eigenvalue weighted by atomic mass is 10.1. The number of para-hydroxylation sites is 1. The molecule has 1 amide bonds. The van der Waals surface area contributed by atoms with Gasteiger partial charge in [0.05, 0.1) is 33.9 Å². The molecule has 0 radical (unpaired) electrons. The monoisotopic (exact) mass is 387 g/mol. The third-order valence-corrected chi connectivity index (χ3v) is 5.85. The lowest BCUT2D eigenvalue weighted by molar-refractivity contribution is -0.113. The molecule has 1 aliphatic heterocycles. The Morgan fingerprint density at radius 1 is 1.54 bits per heavy atom. The average Bonchev–Trinajstić information content (AvgIpc) is 2.99. The summed E-state index contributed by atoms with van der Waals surface area (Å²) in [6.45, 7) is 4.49. The molecule has 8 heteroatoms. The van der Waals surface area contributed by atoms with Gasteiger partial charge in [0.15, 0.2) is 16.6 Å². The van der Waals surface area contributed by atoms with Gasteiger partial charge in [0.25, 0.3) is 5.91 Å². The molecule has 26 heavy (non-hydrogen) atoms. The minimum atomic E-state index is -0.247. The first kappa shape index (κ1) is 18.3. The second kappa shape index (κ2) is 8.25. The summed E-state index contributed by atoms with van der Waals surface area (Å²) in [6.07, 6.45) is 1.81. The van der Waals surface area contributed by atoms with Crippen LogP contribution in [-0.2, 0) is 4.79 Å². The van der Waals surface area contributed by atoms with Crippen molar-refractivity contribution in [3.63, 3.8) is 0 Å². The summed E-state index contributed by atoms with van der Waals surface area (Å²) in [5.74, 6) is 1.44. The number of aromatic nitrogens is 1. The van der Waals surface area contributed by atoms with Crippen LogP contribution in [-0.4, -0.2) is 29.9 Å². The van der Waals surface area contributed by atoms with Gasteiger partial charge in [-0.2, -0.15) is 5.26 Å². The van der Waals surface area contributed by atoms with Crippen LogP contribution >= 0.6 is 23.1 Å². The second-order valence-electron chi connectivity index (χ2n) is 5.36. The number of hydrogen-bond donors (Lipinski definition) is 1. The molecule has 0 spiro atoms. The predicted octanol–water partition coefficient (Wildman–Crippen LogP) is 3.88. The van der Waals surface area contributed by atoms with Gasteiger partial charge in [-0.05, 0) is 26.0 Å². The molecule has 0 aliphatic carbocycles. The molecular weight excluding hydrogens is 370 g/mol. The lowest BCUT2D eigenvalue weighted by Crippen LogP contribution is -2.21. The quantitative estimate of drug-likeness (QED) is 0.757. The summed E-state index contributed by atoms with van der Waals surface area (Å²) < 4.78 is 12.2. The van der Waals surface area contributed by atoms with E-state index >= 15 is 0 Å². The number of benzene rings is 1. The summed E-state index contributed by atoms with van der Waals surface area (Å²) in [5, 5.41) is 12.0. The highest BCUT2D eigenvalue weighted by molar-refractivity contribution is 8.01. The maximum atomic E-state index is 12.5. The first-order valence-corrected chi connectivity index (χ1v) is 9.80. The standard InChI is InChI=1S/C18H17N3O3S2/c1-3-23-14-6-4-5-12-9-13(10-24-15(12)14)16(22)21-18-20-11(2)17(26-18)25-8-7-19/h4-6,9H,3,8,10H2,1-2H3,(H,20,21,22). The molecule has 0 atom stereocenters. The first-order chi connectivity index (χ1) is 12.6. The number of anilines is 1. The van der Waals surface area contributed by atoms with Crippen LogP contribution < -0.4 is 14.8 Å². The molecule has 3 rings (SSSR count). The number of fused-ring (bicyclic) bond motifs is 1. The summed E-state index contributed by atoms with van der Waals surface area (Å²) in [6, 6.07) is 7.69. The van der Waals surface area contributed by atoms with Crippen LogP contribution in [0, 0.1) is 18.3 Å². The van der Waals surface area contributed by atoms with Crippen molar-refractivity contribution in [1.82, 2.24) is 4.98 Å². The van der Waals surface area contributed by atoms with Crippen LogP contribution in [0.25, 0.3) is 6.08 Å². The SMILES string of the molecule is CCOc1cccc2c1OCC(C(=O)Nc1nc(C)c(SCC#N)s1)=C2. The molecule has 6 nitrogen and oxygen atoms in total. The smallest absolute Gasteiger partial charge is 0.256 e. The van der Waals surface area contributed by atoms with Crippen molar-refractivity contribution in [3.8, 4) is 17.6 Å². The summed E-state index contributed by atoms with van der Waals surface area (Å²) in [5.41, 5.74) is 2.14. The van der Waals surface area contributed by atoms with Crippen molar-refractivity contribution in [2.45, 2.75) is 18.1 Å². The number of rotatable bonds is 6. The molecule has 1 N–H and O–H groups in total. The van der Waals surface area contributed by atoms with Crippen molar-refractivity contribution in [3.05, 3.63) is 35.0 Å². The van der Waals surface area contributed by atoms with Gasteiger partial charge in [0.1, 0.15) is 6.61 Å². The Balaban J connectivity index is 1.75. The minimum Gasteiger partial charge on any atom is -0.490 e. The number of aryl methyl sites for hydroxylation is 1. The van der Waals surface area contributed by atoms with Crippen molar-refractivity contribution < 1.29 is 14.3 Å². The lowest BCUT2D eigenvalue weighted by Gasteiger charge is -2.19. The Labute approximate surface area is 159 Å². The zero-order valence-corrected chi connectivity index (χ0v) is 16.0. The second-order valence-corrected chi connectivity index (χ2v) is 7.60. The van der Waals surface area contributed by atoms with E-state index in [1.807, 2.05) is 38.1 Å². The molecule has 0 bridgehead atoms. The van der Waals surface area contributed by atoms with Gasteiger partial charge < -0.3 is 9.47 Å². The highest BCUT2D eigenvalue weighted by Gasteiger charge is 2.21. The van der Waals surface area contributed by atoms with E-state index in [1.54, 1.807) is 0 Å². The largest absolute Gasteiger partial charge is 0.490 e. The number of nitriles is 1. The van der Waals surface area contributed by atoms with Crippen LogP contribution in [0.5, 0.6) is 11.5 Å². The topological polar surface area (TPSA) is 84.2 Å². The highest BCUT2D eigenvalue weighted by Crippen LogP contribution is 2.36. The molecule has 0 saturated heterocycles. The van der Waals surface area contributed by atoms with E-state index in [-0.39, 0.29) is 12.5 Å². The fourth-order valence-electron chi connectivity index (χ4n) is 2.43. The van der Waals surface area contributed by atoms with Gasteiger partial charge in [-0.15, -0.1) is 0 Å². The Hall–Kier alpha value is -2.50. The Morgan fingerprint density at radius 2 is 2.38 bits per heavy atom. The van der Waals surface area contributed by atoms with Crippen LogP contribution in [0.1, 0.15) is 18.2 Å². The molecule has 0 fully saturated rings. The molecule has 1 aromatic carbocycles. The number of carbonyl (C=O) groups excluding carboxylic acids is 1. The van der Waals surface area contributed by atoms with E-state index in [0.29, 0.717) is 34.6 Å². The summed E-state index contributed by atoms with van der Waals surface area (Å²) in [7, 11) is 0. The predicted molar refractivity (Wildman–Crippen MR) is 103 cm³/mol. The van der Waals surface area contributed by atoms with Gasteiger partial charge in [0.2, 0.25) is 0 Å². The zero-order valence-electron chi connectivity index (χ0n) is 14.4. The molecular formula is C18H17N3O3S2. The Morgan fingerprint density at radius 3 is 3.15 bits per heavy atom. The maximum absolute atomic E-state index is 12.5. The maximum Gasteiger partial charge on any atom is 0.256 e. The van der Waals surface area contributed by atoms with Gasteiger partial charge in [-0.1, -0.05) is 35.2 Å².